The van der Waals surface area contributed by atoms with Gasteiger partial charge in [0, 0.05) is 12.0 Å². The van der Waals surface area contributed by atoms with Crippen LogP contribution in [0.1, 0.15) is 27.9 Å². The molecule has 0 aliphatic carbocycles. The highest BCUT2D eigenvalue weighted by Crippen LogP contribution is 2.25. The largest absolute Gasteiger partial charge is 0.444 e. The van der Waals surface area contributed by atoms with E-state index in [4.69, 9.17) is 4.74 Å². The first-order valence-electron chi connectivity index (χ1n) is 8.42. The fraction of sp³-hybridized carbons (Fsp3) is 0.0870. The average Bonchev–Trinajstić information content (AvgIpc) is 2.72. The number of benzene rings is 3. The second-order valence-electron chi connectivity index (χ2n) is 5.80. The van der Waals surface area contributed by atoms with Crippen LogP contribution in [-0.4, -0.2) is 11.7 Å². The Labute approximate surface area is 152 Å². The third-order valence-electron chi connectivity index (χ3n) is 4.01. The van der Waals surface area contributed by atoms with Gasteiger partial charge in [-0.25, -0.2) is 4.79 Å². The van der Waals surface area contributed by atoms with Crippen molar-refractivity contribution >= 4 is 17.5 Å². The zero-order valence-electron chi connectivity index (χ0n) is 14.2. The molecule has 0 unspecified atom stereocenters. The van der Waals surface area contributed by atoms with E-state index in [1.54, 1.807) is 36.4 Å². The summed E-state index contributed by atoms with van der Waals surface area (Å²) in [5.74, 6) is 2.23. The normalized spacial score (nSPS) is 10.0. The molecule has 0 fully saturated rings. The summed E-state index contributed by atoms with van der Waals surface area (Å²) in [6.07, 6.45) is 1.03. The maximum atomic E-state index is 12.7. The Hall–Kier alpha value is -3.42. The van der Waals surface area contributed by atoms with Gasteiger partial charge in [-0.05, 0) is 24.1 Å². The third kappa shape index (κ3) is 4.35. The summed E-state index contributed by atoms with van der Waals surface area (Å²) in [6.45, 7) is 0. The predicted octanol–water partition coefficient (Wildman–Crippen LogP) is 4.75. The Morgan fingerprint density at radius 3 is 2.12 bits per heavy atom. The molecule has 128 valence electrons. The number of ketones is 1. The van der Waals surface area contributed by atoms with Gasteiger partial charge in [0.25, 0.3) is 0 Å². The molecule has 0 aliphatic heterocycles. The first-order valence-corrected chi connectivity index (χ1v) is 8.42. The van der Waals surface area contributed by atoms with E-state index in [-0.39, 0.29) is 11.5 Å². The minimum atomic E-state index is -0.0252. The van der Waals surface area contributed by atoms with Crippen molar-refractivity contribution in [2.45, 2.75) is 12.8 Å². The molecule has 0 amide bonds. The fourth-order valence-electron chi connectivity index (χ4n) is 2.66. The SMILES string of the molecule is O=C=C(Oc1ccccc1C(=O)CCc1ccccc1)c1ccccc1. The molecule has 26 heavy (non-hydrogen) atoms. The number of carbonyl (C=O) groups is 1. The van der Waals surface area contributed by atoms with Gasteiger partial charge < -0.3 is 4.74 Å². The Kier molecular flexibility index (Phi) is 5.76. The van der Waals surface area contributed by atoms with E-state index in [1.165, 1.54) is 0 Å². The molecule has 3 nitrogen and oxygen atoms in total. The van der Waals surface area contributed by atoms with Crippen LogP contribution in [0.25, 0.3) is 5.76 Å². The highest BCUT2D eigenvalue weighted by Gasteiger charge is 2.15. The van der Waals surface area contributed by atoms with Crippen LogP contribution in [0, 0.1) is 0 Å². The number of carbonyl (C=O) groups excluding carboxylic acids is 2. The van der Waals surface area contributed by atoms with Crippen molar-refractivity contribution in [1.29, 1.82) is 0 Å². The first kappa shape index (κ1) is 17.4. The van der Waals surface area contributed by atoms with Gasteiger partial charge >= 0.3 is 0 Å². The van der Waals surface area contributed by atoms with Gasteiger partial charge in [0.1, 0.15) is 5.75 Å². The minimum absolute atomic E-state index is 0.0252. The van der Waals surface area contributed by atoms with Crippen molar-refractivity contribution < 1.29 is 14.3 Å². The molecule has 0 aromatic heterocycles. The maximum Gasteiger partial charge on any atom is 0.217 e. The predicted molar refractivity (Wildman–Crippen MR) is 102 cm³/mol. The van der Waals surface area contributed by atoms with Crippen LogP contribution in [0.4, 0.5) is 0 Å². The molecular formula is C23H18O3. The molecule has 0 aliphatic rings. The highest BCUT2D eigenvalue weighted by atomic mass is 16.5. The summed E-state index contributed by atoms with van der Waals surface area (Å²) in [5, 5.41) is 0. The Morgan fingerprint density at radius 2 is 1.42 bits per heavy atom. The van der Waals surface area contributed by atoms with Crippen molar-refractivity contribution in [3.8, 4) is 5.75 Å². The lowest BCUT2D eigenvalue weighted by molar-refractivity contribution is 0.0981. The minimum Gasteiger partial charge on any atom is -0.444 e. The van der Waals surface area contributed by atoms with E-state index < -0.39 is 0 Å². The lowest BCUT2D eigenvalue weighted by Crippen LogP contribution is -2.05. The molecule has 0 heterocycles. The van der Waals surface area contributed by atoms with Crippen molar-refractivity contribution in [3.63, 3.8) is 0 Å². The van der Waals surface area contributed by atoms with Crippen molar-refractivity contribution in [2.24, 2.45) is 0 Å². The van der Waals surface area contributed by atoms with Crippen LogP contribution in [0.3, 0.4) is 0 Å². The van der Waals surface area contributed by atoms with Crippen molar-refractivity contribution in [3.05, 3.63) is 102 Å². The summed E-state index contributed by atoms with van der Waals surface area (Å²) in [7, 11) is 0. The van der Waals surface area contributed by atoms with E-state index in [0.717, 1.165) is 5.56 Å². The zero-order chi connectivity index (χ0) is 18.2. The fourth-order valence-corrected chi connectivity index (χ4v) is 2.66. The molecule has 0 radical (unpaired) electrons. The van der Waals surface area contributed by atoms with E-state index in [2.05, 4.69) is 0 Å². The van der Waals surface area contributed by atoms with Gasteiger partial charge in [0.2, 0.25) is 5.76 Å². The summed E-state index contributed by atoms with van der Waals surface area (Å²) in [5.41, 5.74) is 2.19. The molecule has 0 saturated heterocycles. The molecular weight excluding hydrogens is 324 g/mol. The van der Waals surface area contributed by atoms with Crippen molar-refractivity contribution in [1.82, 2.24) is 0 Å². The monoisotopic (exact) mass is 342 g/mol. The van der Waals surface area contributed by atoms with Gasteiger partial charge in [0.15, 0.2) is 11.7 Å². The molecule has 3 rings (SSSR count). The lowest BCUT2D eigenvalue weighted by atomic mass is 10.0. The smallest absolute Gasteiger partial charge is 0.217 e. The molecule has 0 atom stereocenters. The van der Waals surface area contributed by atoms with E-state index >= 15 is 0 Å². The maximum absolute atomic E-state index is 12.7. The molecule has 0 N–H and O–H groups in total. The second-order valence-corrected chi connectivity index (χ2v) is 5.80. The van der Waals surface area contributed by atoms with Gasteiger partial charge in [-0.1, -0.05) is 72.8 Å². The topological polar surface area (TPSA) is 43.4 Å². The number of rotatable bonds is 7. The summed E-state index contributed by atoms with van der Waals surface area (Å²) < 4.78 is 5.73. The number of hydrogen-bond acceptors (Lipinski definition) is 3. The lowest BCUT2D eigenvalue weighted by Gasteiger charge is -2.11. The zero-order valence-corrected chi connectivity index (χ0v) is 14.2. The van der Waals surface area contributed by atoms with E-state index in [1.807, 2.05) is 54.5 Å². The summed E-state index contributed by atoms with van der Waals surface area (Å²) >= 11 is 0. The Morgan fingerprint density at radius 1 is 0.808 bits per heavy atom. The molecule has 3 aromatic rings. The summed E-state index contributed by atoms with van der Waals surface area (Å²) in [6, 6.07) is 25.8. The number of hydrogen-bond donors (Lipinski definition) is 0. The Bertz CT molecular complexity index is 924. The van der Waals surface area contributed by atoms with Crippen LogP contribution in [0.15, 0.2) is 84.9 Å². The van der Waals surface area contributed by atoms with Gasteiger partial charge in [-0.15, -0.1) is 0 Å². The number of ether oxygens (including phenoxy) is 1. The van der Waals surface area contributed by atoms with E-state index in [9.17, 15) is 9.59 Å². The van der Waals surface area contributed by atoms with Gasteiger partial charge in [0.05, 0.1) is 5.56 Å². The molecule has 0 bridgehead atoms. The van der Waals surface area contributed by atoms with Crippen LogP contribution in [0.2, 0.25) is 0 Å². The standard InChI is InChI=1S/C23H18O3/c24-17-23(19-11-5-2-6-12-19)26-22-14-8-7-13-20(22)21(25)16-15-18-9-3-1-4-10-18/h1-14H,15-16H2. The van der Waals surface area contributed by atoms with Crippen LogP contribution < -0.4 is 4.74 Å². The molecule has 0 spiro atoms. The third-order valence-corrected chi connectivity index (χ3v) is 4.01. The molecule has 0 saturated carbocycles. The average molecular weight is 342 g/mol. The number of aryl methyl sites for hydroxylation is 1. The number of para-hydroxylation sites is 1. The van der Waals surface area contributed by atoms with Crippen molar-refractivity contribution in [2.75, 3.05) is 0 Å². The Balaban J connectivity index is 1.77. The first-order chi connectivity index (χ1) is 12.8. The quantitative estimate of drug-likeness (QED) is 0.353. The van der Waals surface area contributed by atoms with Crippen LogP contribution in [-0.2, 0) is 11.2 Å². The molecule has 3 heteroatoms. The van der Waals surface area contributed by atoms with Crippen LogP contribution in [0.5, 0.6) is 5.75 Å². The van der Waals surface area contributed by atoms with Gasteiger partial charge in [-0.3, -0.25) is 4.79 Å². The number of Topliss-reactive ketones (excluding diaryl/α,β-unsaturated/α-hetero) is 1. The van der Waals surface area contributed by atoms with Gasteiger partial charge in [-0.2, -0.15) is 0 Å². The summed E-state index contributed by atoms with van der Waals surface area (Å²) in [4.78, 5) is 24.0. The van der Waals surface area contributed by atoms with Crippen LogP contribution >= 0.6 is 0 Å². The highest BCUT2D eigenvalue weighted by molar-refractivity contribution is 5.99. The second kappa shape index (κ2) is 8.61. The van der Waals surface area contributed by atoms with E-state index in [0.29, 0.717) is 29.7 Å². The molecule has 3 aromatic carbocycles.